The molecule has 1 N–H and O–H groups in total. The number of nitrogens with zero attached hydrogens (tertiary/aromatic N) is 2. The number of amides is 2. The van der Waals surface area contributed by atoms with Crippen LogP contribution in [0.2, 0.25) is 0 Å². The second-order valence-corrected chi connectivity index (χ2v) is 13.8. The van der Waals surface area contributed by atoms with Gasteiger partial charge in [-0.15, -0.1) is 0 Å². The van der Waals surface area contributed by atoms with Gasteiger partial charge in [0.1, 0.15) is 18.3 Å². The zero-order chi connectivity index (χ0) is 33.1. The molecule has 10 heteroatoms. The first-order valence-electron chi connectivity index (χ1n) is 15.2. The van der Waals surface area contributed by atoms with Crippen LogP contribution in [-0.2, 0) is 32.6 Å². The van der Waals surface area contributed by atoms with Gasteiger partial charge in [-0.3, -0.25) is 13.9 Å². The number of nitrogens with one attached hydrogen (secondary N) is 1. The molecule has 0 aliphatic rings. The molecular formula is C36H40BrN3O5S. The lowest BCUT2D eigenvalue weighted by molar-refractivity contribution is -0.140. The Morgan fingerprint density at radius 1 is 0.870 bits per heavy atom. The molecule has 0 aliphatic carbocycles. The maximum absolute atomic E-state index is 14.5. The van der Waals surface area contributed by atoms with E-state index in [0.717, 1.165) is 38.3 Å². The third-order valence-corrected chi connectivity index (χ3v) is 9.93. The summed E-state index contributed by atoms with van der Waals surface area (Å²) in [6, 6.07) is 29.1. The van der Waals surface area contributed by atoms with Crippen LogP contribution in [-0.4, -0.2) is 51.4 Å². The lowest BCUT2D eigenvalue weighted by Gasteiger charge is -2.34. The summed E-state index contributed by atoms with van der Waals surface area (Å²) in [7, 11) is -2.66. The van der Waals surface area contributed by atoms with Gasteiger partial charge in [-0.2, -0.15) is 0 Å². The average Bonchev–Trinajstić information content (AvgIpc) is 3.06. The summed E-state index contributed by atoms with van der Waals surface area (Å²) in [5.74, 6) is -0.257. The number of carbonyl (C=O) groups is 2. The Morgan fingerprint density at radius 3 is 2.13 bits per heavy atom. The van der Waals surface area contributed by atoms with E-state index in [1.807, 2.05) is 68.4 Å². The van der Waals surface area contributed by atoms with Crippen molar-refractivity contribution in [2.75, 3.05) is 24.5 Å². The van der Waals surface area contributed by atoms with E-state index in [0.29, 0.717) is 18.0 Å². The van der Waals surface area contributed by atoms with Crippen molar-refractivity contribution in [2.24, 2.45) is 0 Å². The van der Waals surface area contributed by atoms with Crippen LogP contribution in [0.3, 0.4) is 0 Å². The Hall–Kier alpha value is -4.15. The number of ether oxygens (including phenoxy) is 1. The SMILES string of the molecule is CCCCNC(=O)[C@H](Cc1ccccc1)N(Cc1ccc(Br)cc1)C(=O)CN(c1ccc(OC)cc1)S(=O)(=O)c1ccc(C)cc1. The molecule has 0 spiro atoms. The summed E-state index contributed by atoms with van der Waals surface area (Å²) in [5.41, 5.74) is 2.88. The number of anilines is 1. The van der Waals surface area contributed by atoms with Crippen LogP contribution in [0.5, 0.6) is 5.75 Å². The highest BCUT2D eigenvalue weighted by Crippen LogP contribution is 2.27. The number of sulfonamides is 1. The van der Waals surface area contributed by atoms with E-state index in [9.17, 15) is 18.0 Å². The van der Waals surface area contributed by atoms with E-state index in [4.69, 9.17) is 4.74 Å². The second-order valence-electron chi connectivity index (χ2n) is 11.0. The quantitative estimate of drug-likeness (QED) is 0.142. The van der Waals surface area contributed by atoms with Crippen LogP contribution in [0.4, 0.5) is 5.69 Å². The zero-order valence-electron chi connectivity index (χ0n) is 26.4. The van der Waals surface area contributed by atoms with Crippen LogP contribution in [0.25, 0.3) is 0 Å². The molecule has 0 unspecified atom stereocenters. The lowest BCUT2D eigenvalue weighted by atomic mass is 10.0. The summed E-state index contributed by atoms with van der Waals surface area (Å²) in [6.45, 7) is 3.97. The second kappa shape index (κ2) is 16.4. The molecule has 242 valence electrons. The highest BCUT2D eigenvalue weighted by atomic mass is 79.9. The van der Waals surface area contributed by atoms with Crippen molar-refractivity contribution in [2.45, 2.75) is 50.6 Å². The smallest absolute Gasteiger partial charge is 0.264 e. The van der Waals surface area contributed by atoms with Crippen molar-refractivity contribution >= 4 is 43.5 Å². The number of hydrogen-bond donors (Lipinski definition) is 1. The number of halogens is 1. The number of hydrogen-bond acceptors (Lipinski definition) is 5. The lowest BCUT2D eigenvalue weighted by Crippen LogP contribution is -2.53. The number of carbonyl (C=O) groups excluding carboxylic acids is 2. The van der Waals surface area contributed by atoms with Gasteiger partial charge in [0.15, 0.2) is 0 Å². The van der Waals surface area contributed by atoms with Crippen molar-refractivity contribution in [1.82, 2.24) is 10.2 Å². The average molecular weight is 707 g/mol. The Labute approximate surface area is 280 Å². The molecule has 0 aliphatic heterocycles. The first-order chi connectivity index (χ1) is 22.1. The van der Waals surface area contributed by atoms with E-state index < -0.39 is 28.5 Å². The third-order valence-electron chi connectivity index (χ3n) is 7.62. The summed E-state index contributed by atoms with van der Waals surface area (Å²) < 4.78 is 35.6. The maximum atomic E-state index is 14.5. The molecule has 4 aromatic carbocycles. The minimum Gasteiger partial charge on any atom is -0.497 e. The van der Waals surface area contributed by atoms with E-state index in [1.165, 1.54) is 24.1 Å². The molecule has 0 heterocycles. The predicted molar refractivity (Wildman–Crippen MR) is 185 cm³/mol. The summed E-state index contributed by atoms with van der Waals surface area (Å²) in [6.07, 6.45) is 1.96. The molecule has 0 radical (unpaired) electrons. The van der Waals surface area contributed by atoms with Crippen LogP contribution >= 0.6 is 15.9 Å². The fourth-order valence-corrected chi connectivity index (χ4v) is 6.64. The molecular weight excluding hydrogens is 666 g/mol. The summed E-state index contributed by atoms with van der Waals surface area (Å²) in [4.78, 5) is 29.9. The van der Waals surface area contributed by atoms with Crippen molar-refractivity contribution < 1.29 is 22.7 Å². The monoisotopic (exact) mass is 705 g/mol. The fraction of sp³-hybridized carbons (Fsp3) is 0.278. The first-order valence-corrected chi connectivity index (χ1v) is 17.4. The summed E-state index contributed by atoms with van der Waals surface area (Å²) >= 11 is 3.46. The van der Waals surface area contributed by atoms with Crippen molar-refractivity contribution in [3.63, 3.8) is 0 Å². The standard InChI is InChI=1S/C36H40BrN3O5S/c1-4-5-23-38-36(42)34(24-28-9-7-6-8-10-28)39(25-29-13-15-30(37)16-14-29)35(41)26-40(31-17-19-32(45-3)20-18-31)46(43,44)33-21-11-27(2)12-22-33/h6-22,34H,4-5,23-26H2,1-3H3,(H,38,42)/t34-/m0/s1. The van der Waals surface area contributed by atoms with E-state index in [1.54, 1.807) is 36.4 Å². The van der Waals surface area contributed by atoms with Crippen LogP contribution in [0.15, 0.2) is 112 Å². The van der Waals surface area contributed by atoms with Gasteiger partial charge >= 0.3 is 0 Å². The van der Waals surface area contributed by atoms with E-state index in [-0.39, 0.29) is 23.8 Å². The van der Waals surface area contributed by atoms with Gasteiger partial charge in [0.05, 0.1) is 17.7 Å². The topological polar surface area (TPSA) is 96.0 Å². The molecule has 0 fully saturated rings. The normalized spacial score (nSPS) is 11.8. The fourth-order valence-electron chi connectivity index (χ4n) is 4.96. The minimum atomic E-state index is -4.18. The van der Waals surface area contributed by atoms with Gasteiger partial charge in [0.2, 0.25) is 11.8 Å². The first kappa shape index (κ1) is 34.7. The molecule has 2 amide bonds. The van der Waals surface area contributed by atoms with Crippen molar-refractivity contribution in [1.29, 1.82) is 0 Å². The van der Waals surface area contributed by atoms with Crippen LogP contribution < -0.4 is 14.4 Å². The largest absolute Gasteiger partial charge is 0.497 e. The van der Waals surface area contributed by atoms with Gasteiger partial charge in [-0.05, 0) is 73.0 Å². The van der Waals surface area contributed by atoms with Gasteiger partial charge in [0.25, 0.3) is 10.0 Å². The number of unbranched alkanes of at least 4 members (excludes halogenated alkanes) is 1. The Morgan fingerprint density at radius 2 is 1.52 bits per heavy atom. The molecule has 0 bridgehead atoms. The zero-order valence-corrected chi connectivity index (χ0v) is 28.8. The minimum absolute atomic E-state index is 0.0549. The van der Waals surface area contributed by atoms with Gasteiger partial charge < -0.3 is 15.0 Å². The van der Waals surface area contributed by atoms with E-state index >= 15 is 0 Å². The third kappa shape index (κ3) is 9.20. The highest BCUT2D eigenvalue weighted by Gasteiger charge is 2.34. The summed E-state index contributed by atoms with van der Waals surface area (Å²) in [5, 5.41) is 3.01. The van der Waals surface area contributed by atoms with E-state index in [2.05, 4.69) is 21.2 Å². The number of rotatable bonds is 15. The molecule has 0 saturated heterocycles. The Balaban J connectivity index is 1.78. The molecule has 0 aromatic heterocycles. The number of methoxy groups -OCH3 is 1. The van der Waals surface area contributed by atoms with Gasteiger partial charge in [-0.25, -0.2) is 8.42 Å². The maximum Gasteiger partial charge on any atom is 0.264 e. The Kier molecular flexibility index (Phi) is 12.4. The van der Waals surface area contributed by atoms with Crippen LogP contribution in [0, 0.1) is 6.92 Å². The van der Waals surface area contributed by atoms with Crippen LogP contribution in [0.1, 0.15) is 36.5 Å². The van der Waals surface area contributed by atoms with Crippen molar-refractivity contribution in [3.05, 3.63) is 124 Å². The van der Waals surface area contributed by atoms with Gasteiger partial charge in [0, 0.05) is 24.0 Å². The molecule has 0 saturated carbocycles. The van der Waals surface area contributed by atoms with Crippen molar-refractivity contribution in [3.8, 4) is 5.75 Å². The highest BCUT2D eigenvalue weighted by molar-refractivity contribution is 9.10. The molecule has 8 nitrogen and oxygen atoms in total. The molecule has 4 aromatic rings. The molecule has 1 atom stereocenters. The Bertz CT molecular complexity index is 1680. The predicted octanol–water partition coefficient (Wildman–Crippen LogP) is 6.52. The number of aryl methyl sites for hydroxylation is 1. The molecule has 4 rings (SSSR count). The molecule has 46 heavy (non-hydrogen) atoms. The number of benzene rings is 4. The van der Waals surface area contributed by atoms with Gasteiger partial charge in [-0.1, -0.05) is 89.4 Å².